The standard InChI is InChI=1S/C23H23BrN2O2/c1-14(27)26-19-10-5-4-9-17(19)25-18-12-23(2,3)13-20(28)21(18)22(26)15-7-6-8-16(24)11-15/h4-11,22,25H,12-13H2,1-3H3/t22-/m1/s1. The van der Waals surface area contributed by atoms with Crippen LogP contribution >= 0.6 is 15.9 Å². The summed E-state index contributed by atoms with van der Waals surface area (Å²) < 4.78 is 0.921. The molecule has 2 aromatic rings. The van der Waals surface area contributed by atoms with Crippen LogP contribution in [-0.4, -0.2) is 11.7 Å². The summed E-state index contributed by atoms with van der Waals surface area (Å²) in [6, 6.07) is 15.2. The summed E-state index contributed by atoms with van der Waals surface area (Å²) in [6.45, 7) is 5.79. The van der Waals surface area contributed by atoms with Crippen molar-refractivity contribution >= 4 is 39.0 Å². The number of carbonyl (C=O) groups excluding carboxylic acids is 2. The highest BCUT2D eigenvalue weighted by Crippen LogP contribution is 2.48. The number of hydrogen-bond donors (Lipinski definition) is 1. The van der Waals surface area contributed by atoms with E-state index in [1.54, 1.807) is 11.8 Å². The fourth-order valence-corrected chi connectivity index (χ4v) is 4.74. The van der Waals surface area contributed by atoms with E-state index < -0.39 is 6.04 Å². The van der Waals surface area contributed by atoms with Crippen LogP contribution in [0.4, 0.5) is 11.4 Å². The topological polar surface area (TPSA) is 49.4 Å². The van der Waals surface area contributed by atoms with E-state index >= 15 is 0 Å². The number of rotatable bonds is 1. The first-order chi connectivity index (χ1) is 13.3. The minimum absolute atomic E-state index is 0.0920. The minimum atomic E-state index is -0.454. The summed E-state index contributed by atoms with van der Waals surface area (Å²) in [5.74, 6) is 0.00777. The fraction of sp³-hybridized carbons (Fsp3) is 0.304. The van der Waals surface area contributed by atoms with Gasteiger partial charge in [-0.2, -0.15) is 0 Å². The molecule has 0 bridgehead atoms. The molecule has 1 heterocycles. The van der Waals surface area contributed by atoms with Crippen molar-refractivity contribution in [2.75, 3.05) is 10.2 Å². The molecule has 0 aromatic heterocycles. The molecule has 1 aliphatic carbocycles. The van der Waals surface area contributed by atoms with Gasteiger partial charge in [-0.05, 0) is 41.7 Å². The molecular formula is C23H23BrN2O2. The van der Waals surface area contributed by atoms with Crippen LogP contribution in [-0.2, 0) is 9.59 Å². The Bertz CT molecular complexity index is 1010. The molecule has 4 nitrogen and oxygen atoms in total. The number of allylic oxidation sites excluding steroid dienone is 1. The third-order valence-corrected chi connectivity index (χ3v) is 5.90. The summed E-state index contributed by atoms with van der Waals surface area (Å²) in [7, 11) is 0. The molecule has 2 aliphatic rings. The first kappa shape index (κ1) is 18.9. The molecule has 5 heteroatoms. The number of benzene rings is 2. The van der Waals surface area contributed by atoms with E-state index in [2.05, 4.69) is 35.1 Å². The van der Waals surface area contributed by atoms with Gasteiger partial charge in [-0.3, -0.25) is 14.5 Å². The number of fused-ring (bicyclic) bond motifs is 1. The van der Waals surface area contributed by atoms with Crippen LogP contribution in [0.15, 0.2) is 64.3 Å². The van der Waals surface area contributed by atoms with E-state index in [1.807, 2.05) is 48.5 Å². The Morgan fingerprint density at radius 2 is 1.89 bits per heavy atom. The van der Waals surface area contributed by atoms with Crippen LogP contribution in [0.3, 0.4) is 0 Å². The van der Waals surface area contributed by atoms with Gasteiger partial charge in [0.2, 0.25) is 5.91 Å². The van der Waals surface area contributed by atoms with Crippen molar-refractivity contribution in [3.63, 3.8) is 0 Å². The van der Waals surface area contributed by atoms with Crippen LogP contribution in [0.25, 0.3) is 0 Å². The lowest BCUT2D eigenvalue weighted by molar-refractivity contribution is -0.118. The predicted molar refractivity (Wildman–Crippen MR) is 115 cm³/mol. The summed E-state index contributed by atoms with van der Waals surface area (Å²) in [5.41, 5.74) is 4.06. The SMILES string of the molecule is CC(=O)N1c2ccccc2NC2=C(C(=O)CC(C)(C)C2)[C@H]1c1cccc(Br)c1. The number of para-hydroxylation sites is 2. The Kier molecular flexibility index (Phi) is 4.66. The van der Waals surface area contributed by atoms with Gasteiger partial charge >= 0.3 is 0 Å². The van der Waals surface area contributed by atoms with Gasteiger partial charge in [0.25, 0.3) is 0 Å². The maximum atomic E-state index is 13.3. The van der Waals surface area contributed by atoms with Gasteiger partial charge in [0.15, 0.2) is 5.78 Å². The van der Waals surface area contributed by atoms with E-state index in [-0.39, 0.29) is 17.1 Å². The van der Waals surface area contributed by atoms with E-state index in [0.717, 1.165) is 33.5 Å². The molecule has 1 N–H and O–H groups in total. The summed E-state index contributed by atoms with van der Waals surface area (Å²) in [6.07, 6.45) is 1.23. The van der Waals surface area contributed by atoms with Gasteiger partial charge in [0.05, 0.1) is 17.4 Å². The lowest BCUT2D eigenvalue weighted by Gasteiger charge is -2.36. The third-order valence-electron chi connectivity index (χ3n) is 5.40. The predicted octanol–water partition coefficient (Wildman–Crippen LogP) is 5.61. The number of nitrogens with zero attached hydrogens (tertiary/aromatic N) is 1. The van der Waals surface area contributed by atoms with Crippen LogP contribution < -0.4 is 10.2 Å². The fourth-order valence-electron chi connectivity index (χ4n) is 4.33. The molecule has 0 unspecified atom stereocenters. The zero-order valence-corrected chi connectivity index (χ0v) is 17.8. The Morgan fingerprint density at radius 1 is 1.14 bits per heavy atom. The second-order valence-corrected chi connectivity index (χ2v) is 9.24. The third kappa shape index (κ3) is 3.28. The summed E-state index contributed by atoms with van der Waals surface area (Å²) in [4.78, 5) is 27.9. The molecule has 0 saturated carbocycles. The van der Waals surface area contributed by atoms with Gasteiger partial charge in [-0.15, -0.1) is 0 Å². The number of hydrogen-bond acceptors (Lipinski definition) is 3. The molecule has 0 spiro atoms. The number of halogens is 1. The van der Waals surface area contributed by atoms with E-state index in [1.165, 1.54) is 0 Å². The second kappa shape index (κ2) is 6.89. The largest absolute Gasteiger partial charge is 0.357 e. The molecular weight excluding hydrogens is 416 g/mol. The molecule has 0 fully saturated rings. The highest BCUT2D eigenvalue weighted by molar-refractivity contribution is 9.10. The summed E-state index contributed by atoms with van der Waals surface area (Å²) in [5, 5.41) is 3.50. The van der Waals surface area contributed by atoms with Crippen LogP contribution in [0, 0.1) is 5.41 Å². The molecule has 0 saturated heterocycles. The molecule has 1 atom stereocenters. The van der Waals surface area contributed by atoms with Crippen molar-refractivity contribution in [1.29, 1.82) is 0 Å². The van der Waals surface area contributed by atoms with Crippen LogP contribution in [0.2, 0.25) is 0 Å². The van der Waals surface area contributed by atoms with Gasteiger partial charge in [-0.1, -0.05) is 54.0 Å². The zero-order valence-electron chi connectivity index (χ0n) is 16.3. The number of amides is 1. The Balaban J connectivity index is 2.02. The van der Waals surface area contributed by atoms with Crippen LogP contribution in [0.1, 0.15) is 45.2 Å². The Hall–Kier alpha value is -2.40. The minimum Gasteiger partial charge on any atom is -0.357 e. The average Bonchev–Trinajstić information content (AvgIpc) is 2.74. The molecule has 0 radical (unpaired) electrons. The maximum Gasteiger partial charge on any atom is 0.224 e. The monoisotopic (exact) mass is 438 g/mol. The molecule has 144 valence electrons. The Labute approximate surface area is 173 Å². The molecule has 28 heavy (non-hydrogen) atoms. The lowest BCUT2D eigenvalue weighted by atomic mass is 9.73. The highest BCUT2D eigenvalue weighted by atomic mass is 79.9. The number of Topliss-reactive ketones (excluding diaryl/α,β-unsaturated/α-hetero) is 1. The molecule has 4 rings (SSSR count). The van der Waals surface area contributed by atoms with E-state index in [9.17, 15) is 9.59 Å². The number of anilines is 2. The second-order valence-electron chi connectivity index (χ2n) is 8.32. The average molecular weight is 439 g/mol. The van der Waals surface area contributed by atoms with Crippen molar-refractivity contribution in [2.24, 2.45) is 5.41 Å². The molecule has 2 aromatic carbocycles. The van der Waals surface area contributed by atoms with Crippen molar-refractivity contribution in [3.8, 4) is 0 Å². The quantitative estimate of drug-likeness (QED) is 0.628. The zero-order chi connectivity index (χ0) is 20.1. The van der Waals surface area contributed by atoms with Gasteiger partial charge in [0, 0.05) is 29.1 Å². The Morgan fingerprint density at radius 3 is 2.61 bits per heavy atom. The highest BCUT2D eigenvalue weighted by Gasteiger charge is 2.42. The normalized spacial score (nSPS) is 20.8. The molecule has 1 aliphatic heterocycles. The van der Waals surface area contributed by atoms with E-state index in [4.69, 9.17) is 0 Å². The van der Waals surface area contributed by atoms with Gasteiger partial charge < -0.3 is 5.32 Å². The number of carbonyl (C=O) groups is 2. The summed E-state index contributed by atoms with van der Waals surface area (Å²) >= 11 is 3.54. The smallest absolute Gasteiger partial charge is 0.224 e. The van der Waals surface area contributed by atoms with Crippen molar-refractivity contribution in [2.45, 2.75) is 39.7 Å². The van der Waals surface area contributed by atoms with Crippen LogP contribution in [0.5, 0.6) is 0 Å². The van der Waals surface area contributed by atoms with Crippen molar-refractivity contribution < 1.29 is 9.59 Å². The molecule has 1 amide bonds. The first-order valence-electron chi connectivity index (χ1n) is 9.44. The van der Waals surface area contributed by atoms with E-state index in [0.29, 0.717) is 12.0 Å². The van der Waals surface area contributed by atoms with Gasteiger partial charge in [0.1, 0.15) is 0 Å². The van der Waals surface area contributed by atoms with Crippen molar-refractivity contribution in [1.82, 2.24) is 0 Å². The number of ketones is 1. The van der Waals surface area contributed by atoms with Crippen molar-refractivity contribution in [3.05, 3.63) is 69.8 Å². The number of nitrogens with one attached hydrogen (secondary N) is 1. The maximum absolute atomic E-state index is 13.3. The first-order valence-corrected chi connectivity index (χ1v) is 10.2. The van der Waals surface area contributed by atoms with Gasteiger partial charge in [-0.25, -0.2) is 0 Å². The lowest BCUT2D eigenvalue weighted by Crippen LogP contribution is -2.38.